The van der Waals surface area contributed by atoms with Crippen molar-refractivity contribution >= 4 is 21.6 Å². The van der Waals surface area contributed by atoms with Crippen molar-refractivity contribution in [1.29, 1.82) is 0 Å². The highest BCUT2D eigenvalue weighted by molar-refractivity contribution is 7.92. The molecule has 33 heavy (non-hydrogen) atoms. The number of para-hydroxylation sites is 2. The third-order valence-electron chi connectivity index (χ3n) is 5.14. The molecule has 0 aliphatic heterocycles. The zero-order valence-electron chi connectivity index (χ0n) is 19.0. The molecular weight excluding hydrogens is 436 g/mol. The molecule has 7 heteroatoms. The average Bonchev–Trinajstić information content (AvgIpc) is 2.83. The second-order valence-corrected chi connectivity index (χ2v) is 9.53. The summed E-state index contributed by atoms with van der Waals surface area (Å²) in [6, 6.07) is 23.2. The maximum Gasteiger partial charge on any atom is 0.264 e. The van der Waals surface area contributed by atoms with Crippen LogP contribution in [0.4, 0.5) is 5.69 Å². The van der Waals surface area contributed by atoms with Gasteiger partial charge >= 0.3 is 0 Å². The van der Waals surface area contributed by atoms with E-state index < -0.39 is 10.0 Å². The molecule has 0 unspecified atom stereocenters. The summed E-state index contributed by atoms with van der Waals surface area (Å²) in [6.07, 6.45) is 1.59. The molecule has 0 saturated heterocycles. The fourth-order valence-electron chi connectivity index (χ4n) is 3.42. The number of carbonyl (C=O) groups excluding carboxylic acids is 1. The van der Waals surface area contributed by atoms with Gasteiger partial charge in [0.25, 0.3) is 10.0 Å². The van der Waals surface area contributed by atoms with E-state index in [0.717, 1.165) is 17.1 Å². The first-order chi connectivity index (χ1) is 15.9. The van der Waals surface area contributed by atoms with Crippen molar-refractivity contribution in [3.05, 3.63) is 90.0 Å². The molecule has 174 valence electrons. The van der Waals surface area contributed by atoms with Gasteiger partial charge in [0.2, 0.25) is 5.91 Å². The molecule has 1 N–H and O–H groups in total. The lowest BCUT2D eigenvalue weighted by molar-refractivity contribution is -0.119. The Bertz CT molecular complexity index is 1150. The van der Waals surface area contributed by atoms with E-state index >= 15 is 0 Å². The van der Waals surface area contributed by atoms with Gasteiger partial charge in [0, 0.05) is 6.54 Å². The first-order valence-electron chi connectivity index (χ1n) is 11.0. The minimum atomic E-state index is -3.98. The lowest BCUT2D eigenvalue weighted by Gasteiger charge is -2.26. The second-order valence-electron chi connectivity index (χ2n) is 7.66. The largest absolute Gasteiger partial charge is 0.492 e. The number of nitrogens with one attached hydrogen (secondary N) is 1. The highest BCUT2D eigenvalue weighted by Crippen LogP contribution is 2.32. The third-order valence-corrected chi connectivity index (χ3v) is 6.91. The molecule has 0 aliphatic rings. The van der Waals surface area contributed by atoms with E-state index in [1.807, 2.05) is 13.8 Å². The maximum atomic E-state index is 13.5. The number of benzene rings is 3. The van der Waals surface area contributed by atoms with E-state index in [9.17, 15) is 13.2 Å². The van der Waals surface area contributed by atoms with Crippen LogP contribution in [0.25, 0.3) is 0 Å². The highest BCUT2D eigenvalue weighted by atomic mass is 32.2. The number of ether oxygens (including phenoxy) is 1. The smallest absolute Gasteiger partial charge is 0.264 e. The van der Waals surface area contributed by atoms with Gasteiger partial charge in [-0.3, -0.25) is 9.10 Å². The van der Waals surface area contributed by atoms with E-state index in [-0.39, 0.29) is 17.3 Å². The fraction of sp³-hybridized carbons (Fsp3) is 0.269. The Balaban J connectivity index is 1.74. The van der Waals surface area contributed by atoms with Gasteiger partial charge in [0.05, 0.1) is 17.2 Å². The summed E-state index contributed by atoms with van der Waals surface area (Å²) in [6.45, 7) is 4.36. The van der Waals surface area contributed by atoms with Crippen LogP contribution in [0.3, 0.4) is 0 Å². The first-order valence-corrected chi connectivity index (χ1v) is 12.5. The van der Waals surface area contributed by atoms with Gasteiger partial charge in [0.15, 0.2) is 0 Å². The van der Waals surface area contributed by atoms with Crippen molar-refractivity contribution < 1.29 is 17.9 Å². The van der Waals surface area contributed by atoms with Gasteiger partial charge in [-0.25, -0.2) is 8.42 Å². The van der Waals surface area contributed by atoms with Crippen molar-refractivity contribution in [3.63, 3.8) is 0 Å². The van der Waals surface area contributed by atoms with Crippen LogP contribution in [-0.2, 0) is 21.2 Å². The Morgan fingerprint density at radius 1 is 0.939 bits per heavy atom. The number of anilines is 1. The molecule has 3 aromatic rings. The standard InChI is InChI=1S/C26H30N2O4S/c1-3-32-25-14-8-7-13-24(25)28(33(30,31)23-11-5-4-6-12-23)20-26(29)27-19-9-10-22-17-15-21(2)16-18-22/h4-8,11-18H,3,9-10,19-20H2,1-2H3,(H,27,29). The summed E-state index contributed by atoms with van der Waals surface area (Å²) in [7, 11) is -3.98. The predicted octanol–water partition coefficient (Wildman–Crippen LogP) is 4.34. The third kappa shape index (κ3) is 6.58. The minimum Gasteiger partial charge on any atom is -0.492 e. The molecule has 1 amide bonds. The van der Waals surface area contributed by atoms with Crippen LogP contribution < -0.4 is 14.4 Å². The summed E-state index contributed by atoms with van der Waals surface area (Å²) in [5.74, 6) is 0.0383. The summed E-state index contributed by atoms with van der Waals surface area (Å²) in [4.78, 5) is 12.9. The summed E-state index contributed by atoms with van der Waals surface area (Å²) < 4.78 is 33.7. The van der Waals surface area contributed by atoms with Crippen molar-refractivity contribution in [2.45, 2.75) is 31.6 Å². The number of aryl methyl sites for hydroxylation is 2. The molecule has 3 rings (SSSR count). The van der Waals surface area contributed by atoms with E-state index in [2.05, 4.69) is 29.6 Å². The molecule has 0 aliphatic carbocycles. The van der Waals surface area contributed by atoms with Crippen molar-refractivity contribution in [2.24, 2.45) is 0 Å². The Kier molecular flexibility index (Phi) is 8.49. The number of amides is 1. The summed E-state index contributed by atoms with van der Waals surface area (Å²) in [5, 5.41) is 2.85. The molecule has 0 fully saturated rings. The maximum absolute atomic E-state index is 13.5. The number of rotatable bonds is 11. The fourth-order valence-corrected chi connectivity index (χ4v) is 4.87. The Labute approximate surface area is 196 Å². The summed E-state index contributed by atoms with van der Waals surface area (Å²) in [5.41, 5.74) is 2.74. The lowest BCUT2D eigenvalue weighted by atomic mass is 10.1. The monoisotopic (exact) mass is 466 g/mol. The molecule has 0 heterocycles. The van der Waals surface area contributed by atoms with E-state index in [1.54, 1.807) is 42.5 Å². The van der Waals surface area contributed by atoms with E-state index in [1.165, 1.54) is 23.3 Å². The minimum absolute atomic E-state index is 0.114. The van der Waals surface area contributed by atoms with Crippen LogP contribution in [0.2, 0.25) is 0 Å². The van der Waals surface area contributed by atoms with Crippen molar-refractivity contribution in [1.82, 2.24) is 5.32 Å². The normalized spacial score (nSPS) is 11.1. The van der Waals surface area contributed by atoms with Gasteiger partial charge in [-0.2, -0.15) is 0 Å². The topological polar surface area (TPSA) is 75.7 Å². The number of hydrogen-bond acceptors (Lipinski definition) is 4. The first kappa shape index (κ1) is 24.3. The van der Waals surface area contributed by atoms with Crippen LogP contribution in [0.15, 0.2) is 83.8 Å². The van der Waals surface area contributed by atoms with Crippen molar-refractivity contribution in [3.8, 4) is 5.75 Å². The van der Waals surface area contributed by atoms with Gasteiger partial charge in [0.1, 0.15) is 12.3 Å². The number of hydrogen-bond donors (Lipinski definition) is 1. The highest BCUT2D eigenvalue weighted by Gasteiger charge is 2.29. The van der Waals surface area contributed by atoms with Crippen LogP contribution in [0, 0.1) is 6.92 Å². The van der Waals surface area contributed by atoms with E-state index in [4.69, 9.17) is 4.74 Å². The average molecular weight is 467 g/mol. The zero-order chi connectivity index (χ0) is 23.7. The van der Waals surface area contributed by atoms with Crippen LogP contribution in [0.1, 0.15) is 24.5 Å². The SMILES string of the molecule is CCOc1ccccc1N(CC(=O)NCCCc1ccc(C)cc1)S(=O)(=O)c1ccccc1. The van der Waals surface area contributed by atoms with Gasteiger partial charge in [-0.1, -0.05) is 60.2 Å². The lowest BCUT2D eigenvalue weighted by Crippen LogP contribution is -2.41. The Morgan fingerprint density at radius 2 is 1.61 bits per heavy atom. The van der Waals surface area contributed by atoms with E-state index in [0.29, 0.717) is 24.6 Å². The van der Waals surface area contributed by atoms with Crippen LogP contribution in [-0.4, -0.2) is 34.0 Å². The molecular formula is C26H30N2O4S. The molecule has 0 saturated carbocycles. The zero-order valence-corrected chi connectivity index (χ0v) is 19.8. The Hall–Kier alpha value is -3.32. The van der Waals surface area contributed by atoms with Gasteiger partial charge in [-0.15, -0.1) is 0 Å². The van der Waals surface area contributed by atoms with Gasteiger partial charge < -0.3 is 10.1 Å². The molecule has 0 spiro atoms. The molecule has 0 radical (unpaired) electrons. The number of carbonyl (C=O) groups is 1. The molecule has 3 aromatic carbocycles. The molecule has 0 atom stereocenters. The molecule has 6 nitrogen and oxygen atoms in total. The number of sulfonamides is 1. The molecule has 0 aromatic heterocycles. The van der Waals surface area contributed by atoms with Crippen LogP contribution in [0.5, 0.6) is 5.75 Å². The van der Waals surface area contributed by atoms with Gasteiger partial charge in [-0.05, 0) is 56.5 Å². The predicted molar refractivity (Wildman–Crippen MR) is 131 cm³/mol. The quantitative estimate of drug-likeness (QED) is 0.427. The van der Waals surface area contributed by atoms with Crippen molar-refractivity contribution in [2.75, 3.05) is 24.0 Å². The summed E-state index contributed by atoms with van der Waals surface area (Å²) >= 11 is 0. The van der Waals surface area contributed by atoms with Crippen LogP contribution >= 0.6 is 0 Å². The Morgan fingerprint density at radius 3 is 2.30 bits per heavy atom. The second kappa shape index (κ2) is 11.5. The molecule has 0 bridgehead atoms. The number of nitrogens with zero attached hydrogens (tertiary/aromatic N) is 1.